The van der Waals surface area contributed by atoms with Crippen molar-refractivity contribution < 1.29 is 13.2 Å². The molecular formula is C13H15N3O3S. The van der Waals surface area contributed by atoms with Crippen LogP contribution in [0.4, 0.5) is 0 Å². The maximum Gasteiger partial charge on any atom is 0.247 e. The smallest absolute Gasteiger partial charge is 0.247 e. The molecule has 1 aromatic heterocycles. The van der Waals surface area contributed by atoms with Gasteiger partial charge in [-0.25, -0.2) is 13.4 Å². The molecule has 2 heterocycles. The number of sulfonamides is 1. The van der Waals surface area contributed by atoms with Crippen LogP contribution in [0.3, 0.4) is 0 Å². The van der Waals surface area contributed by atoms with E-state index in [1.54, 1.807) is 36.8 Å². The summed E-state index contributed by atoms with van der Waals surface area (Å²) in [5.74, 6) is 0.367. The summed E-state index contributed by atoms with van der Waals surface area (Å²) in [7, 11) is -2.09. The second kappa shape index (κ2) is 4.92. The molecule has 2 aromatic rings. The molecule has 106 valence electrons. The highest BCUT2D eigenvalue weighted by molar-refractivity contribution is 7.89. The minimum atomic E-state index is -3.56. The number of imidazole rings is 1. The van der Waals surface area contributed by atoms with Gasteiger partial charge in [-0.1, -0.05) is 12.1 Å². The van der Waals surface area contributed by atoms with Crippen molar-refractivity contribution in [3.63, 3.8) is 0 Å². The van der Waals surface area contributed by atoms with Crippen LogP contribution in [0, 0.1) is 0 Å². The molecule has 0 aliphatic carbocycles. The zero-order valence-corrected chi connectivity index (χ0v) is 11.9. The molecule has 20 heavy (non-hydrogen) atoms. The number of benzene rings is 1. The molecule has 1 aliphatic rings. The van der Waals surface area contributed by atoms with Crippen molar-refractivity contribution in [2.24, 2.45) is 0 Å². The van der Waals surface area contributed by atoms with Crippen molar-refractivity contribution in [2.75, 3.05) is 13.7 Å². The minimum Gasteiger partial charge on any atom is -0.495 e. The van der Waals surface area contributed by atoms with Crippen LogP contribution in [-0.2, 0) is 23.1 Å². The number of para-hydroxylation sites is 1. The Morgan fingerprint density at radius 2 is 2.05 bits per heavy atom. The van der Waals surface area contributed by atoms with Crippen LogP contribution in [0.15, 0.2) is 41.7 Å². The maximum absolute atomic E-state index is 12.7. The van der Waals surface area contributed by atoms with Crippen LogP contribution < -0.4 is 4.74 Å². The average Bonchev–Trinajstić information content (AvgIpc) is 2.94. The zero-order valence-electron chi connectivity index (χ0n) is 11.1. The molecule has 1 aromatic carbocycles. The van der Waals surface area contributed by atoms with Crippen molar-refractivity contribution in [3.05, 3.63) is 42.5 Å². The van der Waals surface area contributed by atoms with Gasteiger partial charge in [0.15, 0.2) is 0 Å². The van der Waals surface area contributed by atoms with Crippen LogP contribution in [-0.4, -0.2) is 35.9 Å². The van der Waals surface area contributed by atoms with Gasteiger partial charge in [0.05, 0.1) is 25.7 Å². The Bertz CT molecular complexity index is 724. The first-order chi connectivity index (χ1) is 9.63. The van der Waals surface area contributed by atoms with Gasteiger partial charge in [0, 0.05) is 19.3 Å². The molecule has 7 heteroatoms. The predicted octanol–water partition coefficient (Wildman–Crippen LogP) is 1.10. The van der Waals surface area contributed by atoms with Crippen LogP contribution >= 0.6 is 0 Å². The third-order valence-corrected chi connectivity index (χ3v) is 5.30. The second-order valence-electron chi connectivity index (χ2n) is 4.57. The van der Waals surface area contributed by atoms with Crippen LogP contribution in [0.5, 0.6) is 5.75 Å². The molecule has 0 N–H and O–H groups in total. The fraction of sp³-hybridized carbons (Fsp3) is 0.308. The lowest BCUT2D eigenvalue weighted by Gasteiger charge is -2.27. The standard InChI is InChI=1S/C13H15N3O3S/c1-19-12-4-2-3-5-13(12)20(17,18)16-7-6-15-10-14-8-11(15)9-16/h2-5,8,10H,6-7,9H2,1H3. The largest absolute Gasteiger partial charge is 0.495 e. The molecular weight excluding hydrogens is 278 g/mol. The molecule has 0 saturated carbocycles. The van der Waals surface area contributed by atoms with E-state index >= 15 is 0 Å². The van der Waals surface area contributed by atoms with E-state index in [0.717, 1.165) is 5.69 Å². The number of fused-ring (bicyclic) bond motifs is 1. The second-order valence-corrected chi connectivity index (χ2v) is 6.47. The molecule has 0 saturated heterocycles. The summed E-state index contributed by atoms with van der Waals surface area (Å²) in [6.45, 7) is 1.38. The Kier molecular flexibility index (Phi) is 3.23. The van der Waals surface area contributed by atoms with E-state index in [1.807, 2.05) is 4.57 Å². The summed E-state index contributed by atoms with van der Waals surface area (Å²) in [4.78, 5) is 4.25. The summed E-state index contributed by atoms with van der Waals surface area (Å²) in [6.07, 6.45) is 3.42. The van der Waals surface area contributed by atoms with E-state index in [2.05, 4.69) is 4.98 Å². The van der Waals surface area contributed by atoms with Crippen molar-refractivity contribution in [1.82, 2.24) is 13.9 Å². The van der Waals surface area contributed by atoms with Crippen LogP contribution in [0.1, 0.15) is 5.69 Å². The van der Waals surface area contributed by atoms with Gasteiger partial charge in [-0.2, -0.15) is 4.31 Å². The van der Waals surface area contributed by atoms with Crippen LogP contribution in [0.25, 0.3) is 0 Å². The van der Waals surface area contributed by atoms with E-state index in [-0.39, 0.29) is 4.90 Å². The summed E-state index contributed by atoms with van der Waals surface area (Å²) < 4.78 is 34.0. The summed E-state index contributed by atoms with van der Waals surface area (Å²) >= 11 is 0. The lowest BCUT2D eigenvalue weighted by Crippen LogP contribution is -2.38. The average molecular weight is 293 g/mol. The number of rotatable bonds is 3. The molecule has 3 rings (SSSR count). The molecule has 0 atom stereocenters. The highest BCUT2D eigenvalue weighted by Gasteiger charge is 2.30. The van der Waals surface area contributed by atoms with E-state index in [1.165, 1.54) is 11.4 Å². The van der Waals surface area contributed by atoms with Crippen molar-refractivity contribution in [1.29, 1.82) is 0 Å². The SMILES string of the molecule is COc1ccccc1S(=O)(=O)N1CCn2cncc2C1. The molecule has 0 bridgehead atoms. The summed E-state index contributed by atoms with van der Waals surface area (Å²) in [5.41, 5.74) is 0.898. The molecule has 0 amide bonds. The lowest BCUT2D eigenvalue weighted by molar-refractivity contribution is 0.338. The van der Waals surface area contributed by atoms with Gasteiger partial charge in [-0.15, -0.1) is 0 Å². The summed E-state index contributed by atoms with van der Waals surface area (Å²) in [5, 5.41) is 0. The first-order valence-electron chi connectivity index (χ1n) is 6.25. The van der Waals surface area contributed by atoms with E-state index in [9.17, 15) is 8.42 Å². The highest BCUT2D eigenvalue weighted by Crippen LogP contribution is 2.28. The Hall–Kier alpha value is -1.86. The number of aromatic nitrogens is 2. The van der Waals surface area contributed by atoms with Gasteiger partial charge in [-0.05, 0) is 12.1 Å². The van der Waals surface area contributed by atoms with Crippen LogP contribution in [0.2, 0.25) is 0 Å². The van der Waals surface area contributed by atoms with Gasteiger partial charge >= 0.3 is 0 Å². The first kappa shape index (κ1) is 13.1. The molecule has 6 nitrogen and oxygen atoms in total. The van der Waals surface area contributed by atoms with Crippen molar-refractivity contribution in [3.8, 4) is 5.75 Å². The third-order valence-electron chi connectivity index (χ3n) is 3.41. The number of nitrogens with zero attached hydrogens (tertiary/aromatic N) is 3. The fourth-order valence-corrected chi connectivity index (χ4v) is 3.89. The third kappa shape index (κ3) is 2.08. The zero-order chi connectivity index (χ0) is 14.2. The van der Waals surface area contributed by atoms with Crippen molar-refractivity contribution >= 4 is 10.0 Å². The normalized spacial score (nSPS) is 15.8. The Morgan fingerprint density at radius 1 is 1.25 bits per heavy atom. The topological polar surface area (TPSA) is 64.4 Å². The Labute approximate surface area is 117 Å². The number of ether oxygens (including phenoxy) is 1. The maximum atomic E-state index is 12.7. The van der Waals surface area contributed by atoms with E-state index in [4.69, 9.17) is 4.74 Å². The van der Waals surface area contributed by atoms with Gasteiger partial charge < -0.3 is 9.30 Å². The Balaban J connectivity index is 1.97. The predicted molar refractivity (Wildman–Crippen MR) is 72.8 cm³/mol. The highest BCUT2D eigenvalue weighted by atomic mass is 32.2. The number of methoxy groups -OCH3 is 1. The fourth-order valence-electron chi connectivity index (χ4n) is 2.34. The number of hydrogen-bond acceptors (Lipinski definition) is 4. The van der Waals surface area contributed by atoms with Gasteiger partial charge in [0.2, 0.25) is 10.0 Å². The quantitative estimate of drug-likeness (QED) is 0.850. The minimum absolute atomic E-state index is 0.204. The molecule has 0 unspecified atom stereocenters. The number of hydrogen-bond donors (Lipinski definition) is 0. The molecule has 0 fully saturated rings. The molecule has 0 spiro atoms. The summed E-state index contributed by atoms with van der Waals surface area (Å²) in [6, 6.07) is 6.67. The van der Waals surface area contributed by atoms with Gasteiger partial charge in [-0.3, -0.25) is 0 Å². The molecule has 0 radical (unpaired) electrons. The Morgan fingerprint density at radius 3 is 2.85 bits per heavy atom. The van der Waals surface area contributed by atoms with E-state index in [0.29, 0.717) is 25.4 Å². The van der Waals surface area contributed by atoms with Gasteiger partial charge in [0.25, 0.3) is 0 Å². The van der Waals surface area contributed by atoms with E-state index < -0.39 is 10.0 Å². The first-order valence-corrected chi connectivity index (χ1v) is 7.69. The lowest BCUT2D eigenvalue weighted by atomic mass is 10.3. The monoisotopic (exact) mass is 293 g/mol. The van der Waals surface area contributed by atoms with Gasteiger partial charge in [0.1, 0.15) is 10.6 Å². The van der Waals surface area contributed by atoms with Crippen molar-refractivity contribution in [2.45, 2.75) is 18.0 Å². The molecule has 1 aliphatic heterocycles.